The molecule has 3 aromatic carbocycles. The monoisotopic (exact) mass is 458 g/mol. The summed E-state index contributed by atoms with van der Waals surface area (Å²) in [6, 6.07) is 18.6. The highest BCUT2D eigenvalue weighted by Crippen LogP contribution is 2.25. The minimum absolute atomic E-state index is 0.00439. The molecule has 0 heterocycles. The fraction of sp³-hybridized carbons (Fsp3) is 0.115. The summed E-state index contributed by atoms with van der Waals surface area (Å²) >= 11 is 0. The molecular formula is C26H26N4O4. The van der Waals surface area contributed by atoms with E-state index in [0.29, 0.717) is 22.3 Å². The van der Waals surface area contributed by atoms with E-state index in [1.54, 1.807) is 43.3 Å². The van der Waals surface area contributed by atoms with Crippen molar-refractivity contribution in [2.75, 3.05) is 19.0 Å². The maximum absolute atomic E-state index is 12.9. The van der Waals surface area contributed by atoms with Gasteiger partial charge in [0.25, 0.3) is 11.8 Å². The van der Waals surface area contributed by atoms with E-state index in [0.717, 1.165) is 5.69 Å². The molecule has 3 aromatic rings. The Morgan fingerprint density at radius 1 is 0.971 bits per heavy atom. The Kier molecular flexibility index (Phi) is 7.66. The number of phenols is 2. The quantitative estimate of drug-likeness (QED) is 0.246. The van der Waals surface area contributed by atoms with E-state index in [4.69, 9.17) is 0 Å². The van der Waals surface area contributed by atoms with Crippen LogP contribution in [-0.4, -0.2) is 42.3 Å². The molecule has 0 bridgehead atoms. The molecule has 0 aliphatic heterocycles. The molecule has 0 atom stereocenters. The predicted octanol–water partition coefficient (Wildman–Crippen LogP) is 3.39. The Labute approximate surface area is 197 Å². The number of rotatable bonds is 7. The lowest BCUT2D eigenvalue weighted by Crippen LogP contribution is -2.32. The number of anilines is 1. The Morgan fingerprint density at radius 2 is 1.65 bits per heavy atom. The van der Waals surface area contributed by atoms with Gasteiger partial charge in [-0.1, -0.05) is 30.3 Å². The molecule has 0 saturated heterocycles. The van der Waals surface area contributed by atoms with E-state index in [-0.39, 0.29) is 17.2 Å². The Hall–Kier alpha value is -4.59. The van der Waals surface area contributed by atoms with Crippen LogP contribution in [-0.2, 0) is 4.79 Å². The van der Waals surface area contributed by atoms with E-state index in [2.05, 4.69) is 15.8 Å². The van der Waals surface area contributed by atoms with Gasteiger partial charge in [-0.15, -0.1) is 0 Å². The molecule has 0 saturated carbocycles. The number of benzene rings is 3. The first-order valence-corrected chi connectivity index (χ1v) is 10.5. The zero-order valence-electron chi connectivity index (χ0n) is 19.1. The highest BCUT2D eigenvalue weighted by atomic mass is 16.3. The van der Waals surface area contributed by atoms with Crippen LogP contribution in [0.1, 0.15) is 27.0 Å². The van der Waals surface area contributed by atoms with Gasteiger partial charge in [0.1, 0.15) is 17.2 Å². The first kappa shape index (κ1) is 24.1. The van der Waals surface area contributed by atoms with Crippen LogP contribution in [0.3, 0.4) is 0 Å². The topological polar surface area (TPSA) is 114 Å². The zero-order valence-corrected chi connectivity index (χ0v) is 19.1. The van der Waals surface area contributed by atoms with Gasteiger partial charge in [0.2, 0.25) is 0 Å². The number of hydrogen-bond acceptors (Lipinski definition) is 6. The minimum atomic E-state index is -0.645. The molecule has 8 nitrogen and oxygen atoms in total. The maximum Gasteiger partial charge on any atom is 0.287 e. The number of carbonyl (C=O) groups is 2. The molecular weight excluding hydrogens is 432 g/mol. The molecule has 2 amide bonds. The summed E-state index contributed by atoms with van der Waals surface area (Å²) in [7, 11) is 3.85. The zero-order chi connectivity index (χ0) is 24.7. The maximum atomic E-state index is 12.9. The SMILES string of the molecule is Cc1cc(O)cc(O)c1/C=N/NC(=O)/C(=C/c1ccc(N(C)C)cc1)NC(=O)c1ccccc1. The van der Waals surface area contributed by atoms with Crippen LogP contribution < -0.4 is 15.6 Å². The number of hydrazone groups is 1. The number of nitrogens with zero attached hydrogens (tertiary/aromatic N) is 2. The van der Waals surface area contributed by atoms with Gasteiger partial charge < -0.3 is 20.4 Å². The Balaban J connectivity index is 1.84. The summed E-state index contributed by atoms with van der Waals surface area (Å²) < 4.78 is 0. The smallest absolute Gasteiger partial charge is 0.287 e. The lowest BCUT2D eigenvalue weighted by molar-refractivity contribution is -0.117. The third-order valence-electron chi connectivity index (χ3n) is 4.96. The Bertz CT molecular complexity index is 1210. The van der Waals surface area contributed by atoms with Crippen molar-refractivity contribution in [2.24, 2.45) is 5.10 Å². The minimum Gasteiger partial charge on any atom is -0.508 e. The van der Waals surface area contributed by atoms with E-state index in [9.17, 15) is 19.8 Å². The van der Waals surface area contributed by atoms with Gasteiger partial charge in [0.15, 0.2) is 0 Å². The van der Waals surface area contributed by atoms with Gasteiger partial charge in [-0.05, 0) is 54.5 Å². The van der Waals surface area contributed by atoms with Crippen LogP contribution in [0.2, 0.25) is 0 Å². The molecule has 0 fully saturated rings. The van der Waals surface area contributed by atoms with Gasteiger partial charge in [-0.25, -0.2) is 5.43 Å². The van der Waals surface area contributed by atoms with Gasteiger partial charge in [-0.3, -0.25) is 9.59 Å². The van der Waals surface area contributed by atoms with Crippen molar-refractivity contribution in [3.8, 4) is 11.5 Å². The molecule has 8 heteroatoms. The van der Waals surface area contributed by atoms with E-state index < -0.39 is 11.8 Å². The molecule has 174 valence electrons. The van der Waals surface area contributed by atoms with Crippen molar-refractivity contribution >= 4 is 29.8 Å². The summed E-state index contributed by atoms with van der Waals surface area (Å²) in [5, 5.41) is 26.1. The van der Waals surface area contributed by atoms with Crippen molar-refractivity contribution < 1.29 is 19.8 Å². The average Bonchev–Trinajstić information content (AvgIpc) is 2.81. The number of aromatic hydroxyl groups is 2. The summed E-state index contributed by atoms with van der Waals surface area (Å²) in [5.41, 5.74) is 5.39. The van der Waals surface area contributed by atoms with Gasteiger partial charge in [-0.2, -0.15) is 5.10 Å². The van der Waals surface area contributed by atoms with Crippen molar-refractivity contribution in [1.82, 2.24) is 10.7 Å². The largest absolute Gasteiger partial charge is 0.508 e. The van der Waals surface area contributed by atoms with Crippen molar-refractivity contribution in [2.45, 2.75) is 6.92 Å². The first-order valence-electron chi connectivity index (χ1n) is 10.5. The lowest BCUT2D eigenvalue weighted by atomic mass is 10.1. The standard InChI is InChI=1S/C26H26N4O4/c1-17-13-21(31)15-24(32)22(17)16-27-29-26(34)23(28-25(33)19-7-5-4-6-8-19)14-18-9-11-20(12-10-18)30(2)3/h4-16,31-32H,1-3H3,(H,28,33)(H,29,34)/b23-14-,27-16+. The lowest BCUT2D eigenvalue weighted by Gasteiger charge is -2.13. The van der Waals surface area contributed by atoms with Gasteiger partial charge in [0, 0.05) is 37.0 Å². The molecule has 3 rings (SSSR count). The van der Waals surface area contributed by atoms with Crippen molar-refractivity contribution in [1.29, 1.82) is 0 Å². The number of hydrogen-bond donors (Lipinski definition) is 4. The van der Waals surface area contributed by atoms with Crippen LogP contribution in [0.5, 0.6) is 11.5 Å². The second-order valence-electron chi connectivity index (χ2n) is 7.76. The van der Waals surface area contributed by atoms with Crippen LogP contribution in [0.25, 0.3) is 6.08 Å². The number of aryl methyl sites for hydroxylation is 1. The third-order valence-corrected chi connectivity index (χ3v) is 4.96. The first-order chi connectivity index (χ1) is 16.2. The fourth-order valence-corrected chi connectivity index (χ4v) is 3.12. The summed E-state index contributed by atoms with van der Waals surface area (Å²) in [4.78, 5) is 27.5. The van der Waals surface area contributed by atoms with Crippen LogP contribution >= 0.6 is 0 Å². The molecule has 0 aliphatic rings. The molecule has 0 radical (unpaired) electrons. The molecule has 0 unspecified atom stereocenters. The number of phenolic OH excluding ortho intramolecular Hbond substituents is 2. The van der Waals surface area contributed by atoms with Crippen molar-refractivity contribution in [3.05, 3.63) is 94.7 Å². The number of amides is 2. The molecule has 0 aromatic heterocycles. The number of carbonyl (C=O) groups excluding carboxylic acids is 2. The number of nitrogens with one attached hydrogen (secondary N) is 2. The summed E-state index contributed by atoms with van der Waals surface area (Å²) in [6.07, 6.45) is 2.82. The van der Waals surface area contributed by atoms with E-state index >= 15 is 0 Å². The van der Waals surface area contributed by atoms with E-state index in [1.165, 1.54) is 18.3 Å². The van der Waals surface area contributed by atoms with Gasteiger partial charge >= 0.3 is 0 Å². The van der Waals surface area contributed by atoms with Crippen LogP contribution in [0, 0.1) is 6.92 Å². The van der Waals surface area contributed by atoms with Crippen LogP contribution in [0.4, 0.5) is 5.69 Å². The Morgan fingerprint density at radius 3 is 2.26 bits per heavy atom. The third kappa shape index (κ3) is 6.23. The fourth-order valence-electron chi connectivity index (χ4n) is 3.12. The van der Waals surface area contributed by atoms with Crippen LogP contribution in [0.15, 0.2) is 77.5 Å². The molecule has 4 N–H and O–H groups in total. The average molecular weight is 459 g/mol. The van der Waals surface area contributed by atoms with Crippen molar-refractivity contribution in [3.63, 3.8) is 0 Å². The second kappa shape index (κ2) is 10.8. The van der Waals surface area contributed by atoms with E-state index in [1.807, 2.05) is 43.3 Å². The predicted molar refractivity (Wildman–Crippen MR) is 133 cm³/mol. The normalized spacial score (nSPS) is 11.3. The molecule has 34 heavy (non-hydrogen) atoms. The highest BCUT2D eigenvalue weighted by Gasteiger charge is 2.14. The molecule has 0 aliphatic carbocycles. The second-order valence-corrected chi connectivity index (χ2v) is 7.76. The molecule has 0 spiro atoms. The summed E-state index contributed by atoms with van der Waals surface area (Å²) in [5.74, 6) is -1.34. The van der Waals surface area contributed by atoms with Gasteiger partial charge in [0.05, 0.1) is 6.21 Å². The highest BCUT2D eigenvalue weighted by molar-refractivity contribution is 6.05. The summed E-state index contributed by atoms with van der Waals surface area (Å²) in [6.45, 7) is 1.69.